The molecule has 0 atom stereocenters. The van der Waals surface area contributed by atoms with E-state index in [9.17, 15) is 9.90 Å². The summed E-state index contributed by atoms with van der Waals surface area (Å²) in [5, 5.41) is 13.5. The van der Waals surface area contributed by atoms with Crippen molar-refractivity contribution in [2.24, 2.45) is 7.05 Å². The second kappa shape index (κ2) is 5.05. The Hall–Kier alpha value is -2.50. The molecule has 3 rings (SSSR count). The molecular formula is C16H18N2O4. The number of hydrogen-bond acceptors (Lipinski definition) is 4. The Bertz CT molecular complexity index is 734. The van der Waals surface area contributed by atoms with Crippen LogP contribution in [0.15, 0.2) is 24.5 Å². The molecule has 1 aromatic carbocycles. The molecule has 116 valence electrons. The van der Waals surface area contributed by atoms with Gasteiger partial charge in [0.25, 0.3) is 0 Å². The molecule has 0 unspecified atom stereocenters. The summed E-state index contributed by atoms with van der Waals surface area (Å²) in [5.41, 5.74) is 1.48. The number of fused-ring (bicyclic) bond motifs is 1. The molecule has 2 heterocycles. The molecule has 2 aromatic rings. The number of benzene rings is 1. The van der Waals surface area contributed by atoms with Crippen LogP contribution in [0.2, 0.25) is 0 Å². The van der Waals surface area contributed by atoms with E-state index in [2.05, 4.69) is 5.10 Å². The number of carboxylic acids is 1. The Morgan fingerprint density at radius 2 is 2.23 bits per heavy atom. The van der Waals surface area contributed by atoms with E-state index < -0.39 is 11.6 Å². The Balaban J connectivity index is 2.09. The quantitative estimate of drug-likeness (QED) is 0.938. The third-order valence-electron chi connectivity index (χ3n) is 3.69. The molecule has 0 spiro atoms. The van der Waals surface area contributed by atoms with Gasteiger partial charge in [-0.1, -0.05) is 0 Å². The normalized spacial score (nSPS) is 13.6. The SMILES string of the molecule is Cn1cc(-c2cc3c(cc2OC(C)(C)C(=O)O)OCC3)cn1. The third-order valence-corrected chi connectivity index (χ3v) is 3.69. The maximum atomic E-state index is 11.3. The lowest BCUT2D eigenvalue weighted by atomic mass is 10.0. The lowest BCUT2D eigenvalue weighted by Crippen LogP contribution is -2.38. The van der Waals surface area contributed by atoms with Crippen LogP contribution in [0.5, 0.6) is 11.5 Å². The van der Waals surface area contributed by atoms with Gasteiger partial charge in [0, 0.05) is 36.9 Å². The highest BCUT2D eigenvalue weighted by Gasteiger charge is 2.31. The fourth-order valence-corrected chi connectivity index (χ4v) is 2.40. The van der Waals surface area contributed by atoms with Crippen molar-refractivity contribution in [2.45, 2.75) is 25.9 Å². The Labute approximate surface area is 128 Å². The first-order chi connectivity index (χ1) is 10.4. The zero-order chi connectivity index (χ0) is 15.9. The van der Waals surface area contributed by atoms with E-state index in [-0.39, 0.29) is 0 Å². The molecule has 22 heavy (non-hydrogen) atoms. The second-order valence-corrected chi connectivity index (χ2v) is 5.87. The highest BCUT2D eigenvalue weighted by Crippen LogP contribution is 2.39. The summed E-state index contributed by atoms with van der Waals surface area (Å²) in [5.74, 6) is 0.218. The number of hydrogen-bond donors (Lipinski definition) is 1. The Morgan fingerprint density at radius 1 is 1.45 bits per heavy atom. The first-order valence-corrected chi connectivity index (χ1v) is 7.08. The molecule has 0 bridgehead atoms. The van der Waals surface area contributed by atoms with Gasteiger partial charge in [0.1, 0.15) is 11.5 Å². The van der Waals surface area contributed by atoms with Gasteiger partial charge in [-0.2, -0.15) is 5.10 Å². The van der Waals surface area contributed by atoms with Crippen molar-refractivity contribution < 1.29 is 19.4 Å². The first kappa shape index (κ1) is 14.4. The predicted octanol–water partition coefficient (Wildman–Crippen LogP) is 2.26. The molecule has 6 heteroatoms. The van der Waals surface area contributed by atoms with E-state index in [0.717, 1.165) is 28.9 Å². The lowest BCUT2D eigenvalue weighted by molar-refractivity contribution is -0.152. The molecule has 0 saturated carbocycles. The Kier molecular flexibility index (Phi) is 3.31. The van der Waals surface area contributed by atoms with Gasteiger partial charge in [0.15, 0.2) is 5.60 Å². The molecule has 0 amide bonds. The van der Waals surface area contributed by atoms with Gasteiger partial charge < -0.3 is 14.6 Å². The summed E-state index contributed by atoms with van der Waals surface area (Å²) in [7, 11) is 1.84. The van der Waals surface area contributed by atoms with Crippen LogP contribution in [0.25, 0.3) is 11.1 Å². The monoisotopic (exact) mass is 302 g/mol. The number of carboxylic acid groups (broad SMARTS) is 1. The van der Waals surface area contributed by atoms with E-state index in [1.54, 1.807) is 16.9 Å². The van der Waals surface area contributed by atoms with Gasteiger partial charge >= 0.3 is 5.97 Å². The minimum absolute atomic E-state index is 0.487. The average molecular weight is 302 g/mol. The standard InChI is InChI=1S/C16H18N2O4/c1-16(2,15(19)20)22-14-7-13-10(4-5-21-13)6-12(14)11-8-17-18(3)9-11/h6-9H,4-5H2,1-3H3,(H,19,20). The minimum Gasteiger partial charge on any atom is -0.493 e. The van der Waals surface area contributed by atoms with Crippen LogP contribution in [0.4, 0.5) is 0 Å². The molecule has 0 saturated heterocycles. The van der Waals surface area contributed by atoms with Gasteiger partial charge in [-0.05, 0) is 25.5 Å². The summed E-state index contributed by atoms with van der Waals surface area (Å²) in [6.07, 6.45) is 4.45. The van der Waals surface area contributed by atoms with E-state index in [0.29, 0.717) is 12.4 Å². The molecular weight excluding hydrogens is 284 g/mol. The van der Waals surface area contributed by atoms with Crippen LogP contribution in [-0.2, 0) is 18.3 Å². The van der Waals surface area contributed by atoms with Crippen molar-refractivity contribution in [1.29, 1.82) is 0 Å². The fraction of sp³-hybridized carbons (Fsp3) is 0.375. The minimum atomic E-state index is -1.33. The van der Waals surface area contributed by atoms with Crippen molar-refractivity contribution in [3.8, 4) is 22.6 Å². The molecule has 1 N–H and O–H groups in total. The maximum absolute atomic E-state index is 11.3. The zero-order valence-electron chi connectivity index (χ0n) is 12.8. The highest BCUT2D eigenvalue weighted by atomic mass is 16.5. The van der Waals surface area contributed by atoms with Gasteiger partial charge in [-0.15, -0.1) is 0 Å². The van der Waals surface area contributed by atoms with Crippen molar-refractivity contribution in [2.75, 3.05) is 6.61 Å². The second-order valence-electron chi connectivity index (χ2n) is 5.87. The fourth-order valence-electron chi connectivity index (χ4n) is 2.40. The van der Waals surface area contributed by atoms with Crippen molar-refractivity contribution >= 4 is 5.97 Å². The molecule has 0 fully saturated rings. The summed E-state index contributed by atoms with van der Waals surface area (Å²) in [6.45, 7) is 3.68. The number of nitrogens with zero attached hydrogens (tertiary/aromatic N) is 2. The van der Waals surface area contributed by atoms with Crippen LogP contribution in [-0.4, -0.2) is 33.1 Å². The van der Waals surface area contributed by atoms with E-state index >= 15 is 0 Å². The molecule has 1 aliphatic heterocycles. The maximum Gasteiger partial charge on any atom is 0.347 e. The van der Waals surface area contributed by atoms with Crippen LogP contribution in [0, 0.1) is 0 Å². The Morgan fingerprint density at radius 3 is 2.86 bits per heavy atom. The lowest BCUT2D eigenvalue weighted by Gasteiger charge is -2.23. The number of ether oxygens (including phenoxy) is 2. The first-order valence-electron chi connectivity index (χ1n) is 7.08. The molecule has 0 radical (unpaired) electrons. The number of rotatable bonds is 4. The number of carbonyl (C=O) groups is 1. The summed E-state index contributed by atoms with van der Waals surface area (Å²) >= 11 is 0. The number of aryl methyl sites for hydroxylation is 1. The number of aromatic nitrogens is 2. The van der Waals surface area contributed by atoms with Gasteiger partial charge in [-0.3, -0.25) is 4.68 Å². The highest BCUT2D eigenvalue weighted by molar-refractivity contribution is 5.78. The predicted molar refractivity (Wildman–Crippen MR) is 80.2 cm³/mol. The summed E-state index contributed by atoms with van der Waals surface area (Å²) < 4.78 is 13.0. The van der Waals surface area contributed by atoms with E-state index in [4.69, 9.17) is 9.47 Å². The van der Waals surface area contributed by atoms with Gasteiger partial charge in [-0.25, -0.2) is 4.79 Å². The summed E-state index contributed by atoms with van der Waals surface area (Å²) in [6, 6.07) is 3.77. The van der Waals surface area contributed by atoms with Crippen molar-refractivity contribution in [1.82, 2.24) is 9.78 Å². The van der Waals surface area contributed by atoms with Gasteiger partial charge in [0.05, 0.1) is 12.8 Å². The molecule has 1 aromatic heterocycles. The van der Waals surface area contributed by atoms with Crippen LogP contribution in [0.1, 0.15) is 19.4 Å². The largest absolute Gasteiger partial charge is 0.493 e. The van der Waals surface area contributed by atoms with Crippen LogP contribution < -0.4 is 9.47 Å². The molecule has 6 nitrogen and oxygen atoms in total. The van der Waals surface area contributed by atoms with Crippen LogP contribution >= 0.6 is 0 Å². The topological polar surface area (TPSA) is 73.6 Å². The molecule has 0 aliphatic carbocycles. The summed E-state index contributed by atoms with van der Waals surface area (Å²) in [4.78, 5) is 11.3. The zero-order valence-corrected chi connectivity index (χ0v) is 12.8. The smallest absolute Gasteiger partial charge is 0.347 e. The van der Waals surface area contributed by atoms with Crippen molar-refractivity contribution in [3.63, 3.8) is 0 Å². The number of aliphatic carboxylic acids is 1. The van der Waals surface area contributed by atoms with E-state index in [1.807, 2.05) is 19.3 Å². The third kappa shape index (κ3) is 2.52. The van der Waals surface area contributed by atoms with Gasteiger partial charge in [0.2, 0.25) is 0 Å². The van der Waals surface area contributed by atoms with E-state index in [1.165, 1.54) is 13.8 Å². The van der Waals surface area contributed by atoms with Crippen LogP contribution in [0.3, 0.4) is 0 Å². The van der Waals surface area contributed by atoms with Crippen molar-refractivity contribution in [3.05, 3.63) is 30.1 Å². The average Bonchev–Trinajstić information content (AvgIpc) is 3.05. The molecule has 1 aliphatic rings.